The zero-order chi connectivity index (χ0) is 24.5. The fourth-order valence-electron chi connectivity index (χ4n) is 3.59. The minimum absolute atomic E-state index is 0.328. The Balaban J connectivity index is 1.54. The van der Waals surface area contributed by atoms with Gasteiger partial charge in [0.05, 0.1) is 11.3 Å². The molecule has 0 aliphatic heterocycles. The molecule has 174 valence electrons. The van der Waals surface area contributed by atoms with E-state index in [0.717, 1.165) is 34.6 Å². The van der Waals surface area contributed by atoms with Crippen LogP contribution in [0.3, 0.4) is 0 Å². The van der Waals surface area contributed by atoms with Gasteiger partial charge in [-0.1, -0.05) is 29.8 Å². The lowest BCUT2D eigenvalue weighted by Crippen LogP contribution is -2.07. The Morgan fingerprint density at radius 3 is 2.56 bits per heavy atom. The highest BCUT2D eigenvalue weighted by molar-refractivity contribution is 7.14. The number of nitrogens with zero attached hydrogens (tertiary/aromatic N) is 2. The Morgan fingerprint density at radius 1 is 1.12 bits per heavy atom. The molecule has 0 atom stereocenters. The Kier molecular flexibility index (Phi) is 6.63. The lowest BCUT2D eigenvalue weighted by molar-refractivity contribution is -0.137. The average molecular weight is 502 g/mol. The van der Waals surface area contributed by atoms with Crippen molar-refractivity contribution < 1.29 is 18.0 Å². The van der Waals surface area contributed by atoms with Crippen molar-refractivity contribution in [2.45, 2.75) is 20.0 Å². The van der Waals surface area contributed by atoms with Crippen molar-refractivity contribution >= 4 is 40.1 Å². The van der Waals surface area contributed by atoms with E-state index < -0.39 is 11.7 Å². The van der Waals surface area contributed by atoms with E-state index in [4.69, 9.17) is 11.6 Å². The molecule has 0 aliphatic rings. The van der Waals surface area contributed by atoms with Gasteiger partial charge in [-0.15, -0.1) is 11.3 Å². The van der Waals surface area contributed by atoms with Crippen molar-refractivity contribution in [3.63, 3.8) is 0 Å². The molecule has 34 heavy (non-hydrogen) atoms. The number of aryl methyl sites for hydroxylation is 1. The largest absolute Gasteiger partial charge is 0.416 e. The molecule has 0 saturated heterocycles. The summed E-state index contributed by atoms with van der Waals surface area (Å²) in [6.07, 6.45) is -1.34. The van der Waals surface area contributed by atoms with Crippen LogP contribution in [-0.4, -0.2) is 15.5 Å². The molecule has 0 saturated carbocycles. The van der Waals surface area contributed by atoms with E-state index in [0.29, 0.717) is 21.5 Å². The Morgan fingerprint density at radius 2 is 1.85 bits per heavy atom. The predicted molar refractivity (Wildman–Crippen MR) is 130 cm³/mol. The fourth-order valence-corrected chi connectivity index (χ4v) is 4.43. The molecule has 2 aromatic heterocycles. The first-order chi connectivity index (χ1) is 16.1. The number of anilines is 1. The summed E-state index contributed by atoms with van der Waals surface area (Å²) in [6.45, 7) is 3.66. The van der Waals surface area contributed by atoms with Crippen LogP contribution in [0.2, 0.25) is 5.02 Å². The first-order valence-electron chi connectivity index (χ1n) is 10.2. The Labute approximate surface area is 203 Å². The molecule has 4 aromatic rings. The van der Waals surface area contributed by atoms with Gasteiger partial charge >= 0.3 is 6.18 Å². The minimum atomic E-state index is -4.42. The number of benzene rings is 2. The molecule has 4 nitrogen and oxygen atoms in total. The third-order valence-electron chi connectivity index (χ3n) is 5.17. The number of thiazole rings is 1. The number of aromatic nitrogens is 2. The number of nitrogens with one attached hydrogen (secondary N) is 1. The standard InChI is InChI=1S/C25H19ClF3N3OS/c1-15-12-21(16(2)32(15)20-5-3-4-18(13-20)25(27,28)29)22-14-34-24(30-22)31-23(33)11-8-17-6-9-19(26)10-7-17/h3-14H,1-2H3,(H,30,31,33). The molecule has 4 rings (SSSR count). The van der Waals surface area contributed by atoms with Crippen molar-refractivity contribution in [3.05, 3.63) is 93.6 Å². The third-order valence-corrected chi connectivity index (χ3v) is 6.18. The molecule has 0 radical (unpaired) electrons. The monoisotopic (exact) mass is 501 g/mol. The highest BCUT2D eigenvalue weighted by Gasteiger charge is 2.30. The fraction of sp³-hybridized carbons (Fsp3) is 0.120. The maximum absolute atomic E-state index is 13.2. The number of rotatable bonds is 5. The van der Waals surface area contributed by atoms with E-state index in [1.165, 1.54) is 23.5 Å². The average Bonchev–Trinajstić information content (AvgIpc) is 3.36. The number of alkyl halides is 3. The maximum atomic E-state index is 13.2. The van der Waals surface area contributed by atoms with E-state index in [1.807, 2.05) is 19.9 Å². The Bertz CT molecular complexity index is 1370. The van der Waals surface area contributed by atoms with Gasteiger partial charge in [-0.05, 0) is 61.9 Å². The molecular formula is C25H19ClF3N3OS. The van der Waals surface area contributed by atoms with Gasteiger partial charge in [0.15, 0.2) is 5.13 Å². The van der Waals surface area contributed by atoms with Crippen molar-refractivity contribution in [2.75, 3.05) is 5.32 Å². The predicted octanol–water partition coefficient (Wildman–Crippen LogP) is 7.54. The van der Waals surface area contributed by atoms with E-state index in [1.54, 1.807) is 46.4 Å². The summed E-state index contributed by atoms with van der Waals surface area (Å²) in [5.41, 5.74) is 3.49. The zero-order valence-electron chi connectivity index (χ0n) is 18.2. The number of hydrogen-bond acceptors (Lipinski definition) is 3. The summed E-state index contributed by atoms with van der Waals surface area (Å²) < 4.78 is 41.3. The maximum Gasteiger partial charge on any atom is 0.416 e. The van der Waals surface area contributed by atoms with Crippen molar-refractivity contribution in [1.29, 1.82) is 0 Å². The molecule has 0 unspecified atom stereocenters. The topological polar surface area (TPSA) is 46.9 Å². The summed E-state index contributed by atoms with van der Waals surface area (Å²) in [6, 6.07) is 14.2. The van der Waals surface area contributed by atoms with Crippen molar-refractivity contribution in [2.24, 2.45) is 0 Å². The molecule has 9 heteroatoms. The number of amides is 1. The summed E-state index contributed by atoms with van der Waals surface area (Å²) in [4.78, 5) is 16.8. The molecule has 0 spiro atoms. The van der Waals surface area contributed by atoms with Crippen LogP contribution >= 0.6 is 22.9 Å². The van der Waals surface area contributed by atoms with Crippen molar-refractivity contribution in [3.8, 4) is 16.9 Å². The first-order valence-corrected chi connectivity index (χ1v) is 11.4. The molecule has 1 amide bonds. The van der Waals surface area contributed by atoms with Crippen molar-refractivity contribution in [1.82, 2.24) is 9.55 Å². The van der Waals surface area contributed by atoms with Gasteiger partial charge < -0.3 is 4.57 Å². The summed E-state index contributed by atoms with van der Waals surface area (Å²) >= 11 is 7.13. The van der Waals surface area contributed by atoms with E-state index in [9.17, 15) is 18.0 Å². The highest BCUT2D eigenvalue weighted by Crippen LogP contribution is 2.34. The first kappa shape index (κ1) is 23.8. The lowest BCUT2D eigenvalue weighted by Gasteiger charge is -2.13. The third kappa shape index (κ3) is 5.24. The van der Waals surface area contributed by atoms with Crippen LogP contribution in [0.15, 0.2) is 66.1 Å². The molecule has 1 N–H and O–H groups in total. The second kappa shape index (κ2) is 9.48. The molecule has 2 aromatic carbocycles. The number of carbonyl (C=O) groups excluding carboxylic acids is 1. The molecular weight excluding hydrogens is 483 g/mol. The lowest BCUT2D eigenvalue weighted by atomic mass is 10.2. The van der Waals surface area contributed by atoms with Gasteiger partial charge in [0.25, 0.3) is 0 Å². The number of carbonyl (C=O) groups is 1. The van der Waals surface area contributed by atoms with Crippen LogP contribution in [0, 0.1) is 13.8 Å². The normalized spacial score (nSPS) is 11.8. The van der Waals surface area contributed by atoms with Crippen LogP contribution in [0.4, 0.5) is 18.3 Å². The van der Waals surface area contributed by atoms with Gasteiger partial charge in [0.1, 0.15) is 0 Å². The minimum Gasteiger partial charge on any atom is -0.318 e. The molecule has 0 bridgehead atoms. The summed E-state index contributed by atoms with van der Waals surface area (Å²) in [7, 11) is 0. The molecule has 2 heterocycles. The smallest absolute Gasteiger partial charge is 0.318 e. The summed E-state index contributed by atoms with van der Waals surface area (Å²) in [5.74, 6) is -0.328. The van der Waals surface area contributed by atoms with Crippen LogP contribution in [0.1, 0.15) is 22.5 Å². The van der Waals surface area contributed by atoms with E-state index in [2.05, 4.69) is 10.3 Å². The second-order valence-electron chi connectivity index (χ2n) is 7.58. The van der Waals surface area contributed by atoms with Crippen LogP contribution in [0.5, 0.6) is 0 Å². The van der Waals surface area contributed by atoms with Crippen LogP contribution in [0.25, 0.3) is 23.0 Å². The summed E-state index contributed by atoms with van der Waals surface area (Å²) in [5, 5.41) is 5.57. The SMILES string of the molecule is Cc1cc(-c2csc(NC(=O)C=Cc3ccc(Cl)cc3)n2)c(C)n1-c1cccc(C(F)(F)F)c1. The molecule has 0 fully saturated rings. The van der Waals surface area contributed by atoms with Crippen LogP contribution < -0.4 is 5.32 Å². The van der Waals surface area contributed by atoms with Gasteiger partial charge in [0.2, 0.25) is 5.91 Å². The highest BCUT2D eigenvalue weighted by atomic mass is 35.5. The quantitative estimate of drug-likeness (QED) is 0.287. The van der Waals surface area contributed by atoms with E-state index in [-0.39, 0.29) is 5.91 Å². The van der Waals surface area contributed by atoms with Gasteiger partial charge in [-0.2, -0.15) is 13.2 Å². The number of hydrogen-bond donors (Lipinski definition) is 1. The van der Waals surface area contributed by atoms with Crippen LogP contribution in [-0.2, 0) is 11.0 Å². The Hall–Kier alpha value is -3.36. The van der Waals surface area contributed by atoms with Gasteiger partial charge in [-0.3, -0.25) is 10.1 Å². The second-order valence-corrected chi connectivity index (χ2v) is 8.87. The number of halogens is 4. The molecule has 0 aliphatic carbocycles. The zero-order valence-corrected chi connectivity index (χ0v) is 19.7. The van der Waals surface area contributed by atoms with E-state index >= 15 is 0 Å². The van der Waals surface area contributed by atoms with Gasteiger partial charge in [0, 0.05) is 39.1 Å². The van der Waals surface area contributed by atoms with Gasteiger partial charge in [-0.25, -0.2) is 4.98 Å².